The van der Waals surface area contributed by atoms with Crippen LogP contribution in [-0.2, 0) is 9.59 Å². The summed E-state index contributed by atoms with van der Waals surface area (Å²) in [7, 11) is 1.68. The smallest absolute Gasteiger partial charge is 0.239 e. The second kappa shape index (κ2) is 6.28. The fraction of sp³-hybridized carbons (Fsp3) is 0.833. The third-order valence-electron chi connectivity index (χ3n) is 3.20. The van der Waals surface area contributed by atoms with Crippen LogP contribution in [0, 0.1) is 5.41 Å². The van der Waals surface area contributed by atoms with Gasteiger partial charge in [0.1, 0.15) is 0 Å². The zero-order valence-electron chi connectivity index (χ0n) is 10.7. The Balaban J connectivity index is 2.29. The van der Waals surface area contributed by atoms with Crippen LogP contribution < -0.4 is 5.32 Å². The molecule has 1 N–H and O–H groups in total. The number of nitrogens with zero attached hydrogens (tertiary/aromatic N) is 1. The van der Waals surface area contributed by atoms with Crippen LogP contribution in [0.4, 0.5) is 0 Å². The number of carbonyl (C=O) groups excluding carboxylic acids is 2. The molecule has 1 rings (SSSR count). The molecule has 5 heteroatoms. The van der Waals surface area contributed by atoms with Gasteiger partial charge in [0.2, 0.25) is 11.8 Å². The van der Waals surface area contributed by atoms with Gasteiger partial charge in [-0.2, -0.15) is 12.6 Å². The van der Waals surface area contributed by atoms with Gasteiger partial charge < -0.3 is 10.2 Å². The third-order valence-corrected chi connectivity index (χ3v) is 3.87. The summed E-state index contributed by atoms with van der Waals surface area (Å²) in [5, 5.41) is 2.76. The molecule has 1 fully saturated rings. The molecule has 0 aromatic heterocycles. The van der Waals surface area contributed by atoms with Crippen LogP contribution in [-0.4, -0.2) is 42.6 Å². The summed E-state index contributed by atoms with van der Waals surface area (Å²) in [6.45, 7) is 2.82. The van der Waals surface area contributed by atoms with Crippen LogP contribution in [0.25, 0.3) is 0 Å². The molecule has 0 aromatic carbocycles. The zero-order valence-corrected chi connectivity index (χ0v) is 11.6. The maximum Gasteiger partial charge on any atom is 0.239 e. The second-order valence-electron chi connectivity index (χ2n) is 4.93. The molecular formula is C12H22N2O2S. The summed E-state index contributed by atoms with van der Waals surface area (Å²) < 4.78 is 0. The number of amides is 2. The monoisotopic (exact) mass is 258 g/mol. The maximum atomic E-state index is 11.9. The van der Waals surface area contributed by atoms with E-state index in [1.165, 1.54) is 4.90 Å². The van der Waals surface area contributed by atoms with Crippen molar-refractivity contribution >= 4 is 24.4 Å². The summed E-state index contributed by atoms with van der Waals surface area (Å²) in [4.78, 5) is 24.8. The molecular weight excluding hydrogens is 236 g/mol. The standard InChI is InChI=1S/C12H22N2O2S/c1-3-6-13-10(15)8-14(2)11(16)7-12(9-17)4-5-12/h17H,3-9H2,1-2H3,(H,13,15). The fourth-order valence-corrected chi connectivity index (χ4v) is 2.08. The van der Waals surface area contributed by atoms with Gasteiger partial charge >= 0.3 is 0 Å². The average molecular weight is 258 g/mol. The first-order valence-electron chi connectivity index (χ1n) is 6.14. The van der Waals surface area contributed by atoms with Crippen LogP contribution in [0.1, 0.15) is 32.6 Å². The van der Waals surface area contributed by atoms with Crippen LogP contribution in [0.2, 0.25) is 0 Å². The van der Waals surface area contributed by atoms with Crippen LogP contribution in [0.5, 0.6) is 0 Å². The van der Waals surface area contributed by atoms with Crippen molar-refractivity contribution in [1.29, 1.82) is 0 Å². The Bertz CT molecular complexity index is 290. The van der Waals surface area contributed by atoms with Gasteiger partial charge in [-0.3, -0.25) is 9.59 Å². The first kappa shape index (κ1) is 14.4. The molecule has 4 nitrogen and oxygen atoms in total. The predicted octanol–water partition coefficient (Wildman–Crippen LogP) is 1.07. The molecule has 0 heterocycles. The van der Waals surface area contributed by atoms with E-state index in [1.807, 2.05) is 6.92 Å². The summed E-state index contributed by atoms with van der Waals surface area (Å²) in [5.74, 6) is 0.718. The molecule has 0 radical (unpaired) electrons. The lowest BCUT2D eigenvalue weighted by molar-refractivity contribution is -0.135. The predicted molar refractivity (Wildman–Crippen MR) is 71.1 cm³/mol. The van der Waals surface area contributed by atoms with Crippen molar-refractivity contribution in [2.24, 2.45) is 5.41 Å². The summed E-state index contributed by atoms with van der Waals surface area (Å²) in [6, 6.07) is 0. The molecule has 0 atom stereocenters. The number of nitrogens with one attached hydrogen (secondary N) is 1. The number of carbonyl (C=O) groups is 2. The molecule has 2 amide bonds. The molecule has 0 aliphatic heterocycles. The van der Waals surface area contributed by atoms with E-state index >= 15 is 0 Å². The van der Waals surface area contributed by atoms with E-state index in [0.717, 1.165) is 25.0 Å². The fourth-order valence-electron chi connectivity index (χ4n) is 1.65. The Morgan fingerprint density at radius 3 is 2.53 bits per heavy atom. The Labute approximate surface area is 109 Å². The average Bonchev–Trinajstić information content (AvgIpc) is 3.06. The third kappa shape index (κ3) is 4.58. The number of thiol groups is 1. The highest BCUT2D eigenvalue weighted by Gasteiger charge is 2.43. The highest BCUT2D eigenvalue weighted by atomic mass is 32.1. The minimum Gasteiger partial charge on any atom is -0.355 e. The van der Waals surface area contributed by atoms with Gasteiger partial charge in [-0.05, 0) is 30.4 Å². The second-order valence-corrected chi connectivity index (χ2v) is 5.25. The molecule has 0 spiro atoms. The number of rotatable bonds is 7. The minimum atomic E-state index is -0.0848. The molecule has 1 aliphatic carbocycles. The van der Waals surface area contributed by atoms with Gasteiger partial charge in [-0.25, -0.2) is 0 Å². The first-order chi connectivity index (χ1) is 8.03. The summed E-state index contributed by atoms with van der Waals surface area (Å²) in [5.41, 5.74) is 0.119. The van der Waals surface area contributed by atoms with Gasteiger partial charge in [0, 0.05) is 20.0 Å². The number of likely N-dealkylation sites (N-methyl/N-ethyl adjacent to an activating group) is 1. The molecule has 0 bridgehead atoms. The highest BCUT2D eigenvalue weighted by molar-refractivity contribution is 7.80. The lowest BCUT2D eigenvalue weighted by atomic mass is 10.0. The van der Waals surface area contributed by atoms with E-state index in [1.54, 1.807) is 7.05 Å². The highest BCUT2D eigenvalue weighted by Crippen LogP contribution is 2.49. The minimum absolute atomic E-state index is 0.0446. The quantitative estimate of drug-likeness (QED) is 0.671. The lowest BCUT2D eigenvalue weighted by Gasteiger charge is -2.19. The van der Waals surface area contributed by atoms with E-state index < -0.39 is 0 Å². The summed E-state index contributed by atoms with van der Waals surface area (Å²) >= 11 is 4.27. The van der Waals surface area contributed by atoms with Crippen molar-refractivity contribution in [2.75, 3.05) is 25.9 Å². The molecule has 0 aromatic rings. The van der Waals surface area contributed by atoms with Gasteiger partial charge in [0.15, 0.2) is 0 Å². The van der Waals surface area contributed by atoms with E-state index in [9.17, 15) is 9.59 Å². The van der Waals surface area contributed by atoms with Crippen LogP contribution in [0.3, 0.4) is 0 Å². The van der Waals surface area contributed by atoms with Crippen molar-refractivity contribution in [3.63, 3.8) is 0 Å². The van der Waals surface area contributed by atoms with Gasteiger partial charge in [0.25, 0.3) is 0 Å². The largest absolute Gasteiger partial charge is 0.355 e. The van der Waals surface area contributed by atoms with E-state index in [4.69, 9.17) is 0 Å². The molecule has 98 valence electrons. The van der Waals surface area contributed by atoms with Gasteiger partial charge in [-0.15, -0.1) is 0 Å². The normalized spacial score (nSPS) is 16.4. The Hall–Kier alpha value is -0.710. The van der Waals surface area contributed by atoms with E-state index in [0.29, 0.717) is 13.0 Å². The van der Waals surface area contributed by atoms with Crippen molar-refractivity contribution in [1.82, 2.24) is 10.2 Å². The molecule has 1 saturated carbocycles. The van der Waals surface area contributed by atoms with Crippen molar-refractivity contribution < 1.29 is 9.59 Å². The molecule has 0 unspecified atom stereocenters. The number of hydrogen-bond acceptors (Lipinski definition) is 3. The van der Waals surface area contributed by atoms with E-state index in [-0.39, 0.29) is 23.8 Å². The lowest BCUT2D eigenvalue weighted by Crippen LogP contribution is -2.39. The van der Waals surface area contributed by atoms with Crippen molar-refractivity contribution in [2.45, 2.75) is 32.6 Å². The Morgan fingerprint density at radius 1 is 1.41 bits per heavy atom. The SMILES string of the molecule is CCCNC(=O)CN(C)C(=O)CC1(CS)CC1. The topological polar surface area (TPSA) is 49.4 Å². The van der Waals surface area contributed by atoms with Crippen molar-refractivity contribution in [3.8, 4) is 0 Å². The Kier molecular flexibility index (Phi) is 5.31. The zero-order chi connectivity index (χ0) is 12.9. The van der Waals surface area contributed by atoms with Gasteiger partial charge in [-0.1, -0.05) is 6.92 Å². The van der Waals surface area contributed by atoms with Crippen LogP contribution in [0.15, 0.2) is 0 Å². The molecule has 1 aliphatic rings. The maximum absolute atomic E-state index is 11.9. The van der Waals surface area contributed by atoms with E-state index in [2.05, 4.69) is 17.9 Å². The Morgan fingerprint density at radius 2 is 2.06 bits per heavy atom. The van der Waals surface area contributed by atoms with Gasteiger partial charge in [0.05, 0.1) is 6.54 Å². The first-order valence-corrected chi connectivity index (χ1v) is 6.78. The number of hydrogen-bond donors (Lipinski definition) is 2. The van der Waals surface area contributed by atoms with Crippen molar-refractivity contribution in [3.05, 3.63) is 0 Å². The molecule has 0 saturated heterocycles. The summed E-state index contributed by atoms with van der Waals surface area (Å²) in [6.07, 6.45) is 3.59. The molecule has 17 heavy (non-hydrogen) atoms. The van der Waals surface area contributed by atoms with Crippen LogP contribution >= 0.6 is 12.6 Å².